The van der Waals surface area contributed by atoms with Crippen LogP contribution in [0.25, 0.3) is 28.0 Å². The second-order valence-corrected chi connectivity index (χ2v) is 10.5. The molecule has 2 N–H and O–H groups in total. The van der Waals surface area contributed by atoms with Crippen LogP contribution in [-0.2, 0) is 16.9 Å². The maximum atomic E-state index is 11.8. The van der Waals surface area contributed by atoms with E-state index >= 15 is 0 Å². The number of nitrogens with two attached hydrogens (primary N) is 1. The van der Waals surface area contributed by atoms with Gasteiger partial charge in [-0.2, -0.15) is 14.7 Å². The van der Waals surface area contributed by atoms with Gasteiger partial charge in [0, 0.05) is 49.2 Å². The number of sulfone groups is 1. The fourth-order valence-corrected chi connectivity index (χ4v) is 5.31. The van der Waals surface area contributed by atoms with Gasteiger partial charge < -0.3 is 10.6 Å². The molecule has 0 radical (unpaired) electrons. The van der Waals surface area contributed by atoms with Gasteiger partial charge in [-0.1, -0.05) is 6.07 Å². The second kappa shape index (κ2) is 7.31. The molecular weight excluding hydrogens is 484 g/mol. The molecule has 1 aliphatic rings. The Morgan fingerprint density at radius 2 is 1.84 bits per heavy atom. The first-order valence-corrected chi connectivity index (χ1v) is 12.2. The van der Waals surface area contributed by atoms with Crippen molar-refractivity contribution in [1.82, 2.24) is 29.4 Å². The van der Waals surface area contributed by atoms with Crippen LogP contribution < -0.4 is 10.6 Å². The molecule has 4 aromatic heterocycles. The third kappa shape index (κ3) is 3.55. The summed E-state index contributed by atoms with van der Waals surface area (Å²) in [6.07, 6.45) is 7.15. The third-order valence-electron chi connectivity index (χ3n) is 5.32. The van der Waals surface area contributed by atoms with E-state index < -0.39 is 9.84 Å². The number of rotatable bonds is 3. The maximum absolute atomic E-state index is 11.8. The largest absolute Gasteiger partial charge is 0.383 e. The summed E-state index contributed by atoms with van der Waals surface area (Å²) in [6.45, 7) is 0.739. The summed E-state index contributed by atoms with van der Waals surface area (Å²) in [5.74, 6) is 1.21. The number of pyridine rings is 1. The molecule has 0 amide bonds. The molecule has 0 saturated carbocycles. The van der Waals surface area contributed by atoms with Crippen molar-refractivity contribution in [2.45, 2.75) is 0 Å². The zero-order valence-electron chi connectivity index (χ0n) is 16.6. The van der Waals surface area contributed by atoms with Crippen molar-refractivity contribution in [1.29, 1.82) is 0 Å². The second-order valence-electron chi connectivity index (χ2n) is 7.40. The van der Waals surface area contributed by atoms with Gasteiger partial charge in [0.25, 0.3) is 0 Å². The molecule has 12 heteroatoms. The number of aromatic nitrogens is 6. The number of nitrogens with zero attached hydrogens (tertiary/aromatic N) is 7. The molecule has 160 valence electrons. The molecule has 0 aliphatic carbocycles. The number of fused-ring (bicyclic) bond motifs is 1. The number of hydrogen-bond acceptors (Lipinski definition) is 8. The van der Waals surface area contributed by atoms with Crippen molar-refractivity contribution in [3.8, 4) is 22.4 Å². The monoisotopic (exact) mass is 502 g/mol. The first kappa shape index (κ1) is 19.9. The Labute approximate surface area is 186 Å². The van der Waals surface area contributed by atoms with Crippen LogP contribution in [0.1, 0.15) is 0 Å². The fraction of sp³-hybridized carbons (Fsp3) is 0.263. The standard InChI is InChI=1S/C19H19BrN8O2S/c1-26-11-13(9-23-26)15-3-2-12(8-22-15)14-10-24-28-17(21)16(20)19(25-18(14)28)27-4-6-31(29,30)7-5-27/h2-3,8-11H,4-7,21H2,1H3. The summed E-state index contributed by atoms with van der Waals surface area (Å²) in [6, 6.07) is 3.88. The Kier molecular flexibility index (Phi) is 4.70. The Bertz CT molecular complexity index is 1380. The first-order chi connectivity index (χ1) is 14.8. The van der Waals surface area contributed by atoms with Crippen LogP contribution in [-0.4, -0.2) is 62.4 Å². The minimum Gasteiger partial charge on any atom is -0.383 e. The fourth-order valence-electron chi connectivity index (χ4n) is 3.60. The van der Waals surface area contributed by atoms with Gasteiger partial charge in [0.2, 0.25) is 0 Å². The molecule has 0 bridgehead atoms. The van der Waals surface area contributed by atoms with E-state index in [4.69, 9.17) is 10.7 Å². The van der Waals surface area contributed by atoms with Gasteiger partial charge in [-0.25, -0.2) is 13.4 Å². The van der Waals surface area contributed by atoms with E-state index in [1.807, 2.05) is 30.3 Å². The number of nitrogen functional groups attached to an aromatic ring is 1. The Hall–Kier alpha value is -2.99. The lowest BCUT2D eigenvalue weighted by molar-refractivity contribution is 0.586. The van der Waals surface area contributed by atoms with E-state index in [1.165, 1.54) is 0 Å². The average molecular weight is 503 g/mol. The lowest BCUT2D eigenvalue weighted by atomic mass is 10.1. The van der Waals surface area contributed by atoms with E-state index in [0.717, 1.165) is 22.4 Å². The lowest BCUT2D eigenvalue weighted by Crippen LogP contribution is -2.41. The van der Waals surface area contributed by atoms with Gasteiger partial charge in [0.15, 0.2) is 15.5 Å². The Morgan fingerprint density at radius 3 is 2.48 bits per heavy atom. The topological polar surface area (TPSA) is 124 Å². The normalized spacial score (nSPS) is 16.1. The van der Waals surface area contributed by atoms with Crippen molar-refractivity contribution in [2.24, 2.45) is 7.05 Å². The van der Waals surface area contributed by atoms with Crippen LogP contribution in [0, 0.1) is 0 Å². The minimum atomic E-state index is -3.00. The predicted molar refractivity (Wildman–Crippen MR) is 121 cm³/mol. The van der Waals surface area contributed by atoms with Gasteiger partial charge in [-0.3, -0.25) is 9.67 Å². The summed E-state index contributed by atoms with van der Waals surface area (Å²) in [4.78, 5) is 11.3. The molecular formula is C19H19BrN8O2S. The number of aryl methyl sites for hydroxylation is 1. The highest BCUT2D eigenvalue weighted by atomic mass is 79.9. The quantitative estimate of drug-likeness (QED) is 0.449. The van der Waals surface area contributed by atoms with Gasteiger partial charge in [-0.05, 0) is 22.0 Å². The molecule has 0 atom stereocenters. The smallest absolute Gasteiger partial charge is 0.167 e. The van der Waals surface area contributed by atoms with Crippen molar-refractivity contribution >= 4 is 43.1 Å². The maximum Gasteiger partial charge on any atom is 0.167 e. The van der Waals surface area contributed by atoms with E-state index in [2.05, 4.69) is 31.1 Å². The SMILES string of the molecule is Cn1cc(-c2ccc(-c3cnn4c(N)c(Br)c(N5CCS(=O)(=O)CC5)nc34)cn2)cn1. The molecule has 5 heterocycles. The molecule has 4 aromatic rings. The zero-order chi connectivity index (χ0) is 21.8. The van der Waals surface area contributed by atoms with Crippen LogP contribution in [0.5, 0.6) is 0 Å². The lowest BCUT2D eigenvalue weighted by Gasteiger charge is -2.28. The number of hydrogen-bond donors (Lipinski definition) is 1. The molecule has 5 rings (SSSR count). The van der Waals surface area contributed by atoms with Gasteiger partial charge in [-0.15, -0.1) is 0 Å². The Balaban J connectivity index is 1.55. The van der Waals surface area contributed by atoms with Crippen LogP contribution >= 0.6 is 15.9 Å². The van der Waals surface area contributed by atoms with E-state index in [1.54, 1.807) is 27.8 Å². The molecule has 0 spiro atoms. The highest BCUT2D eigenvalue weighted by Gasteiger charge is 2.26. The summed E-state index contributed by atoms with van der Waals surface area (Å²) < 4.78 is 27.5. The summed E-state index contributed by atoms with van der Waals surface area (Å²) >= 11 is 3.51. The molecule has 1 fully saturated rings. The first-order valence-electron chi connectivity index (χ1n) is 9.56. The summed E-state index contributed by atoms with van der Waals surface area (Å²) in [7, 11) is -1.14. The average Bonchev–Trinajstić information content (AvgIpc) is 3.37. The van der Waals surface area contributed by atoms with Crippen LogP contribution in [0.15, 0.2) is 41.4 Å². The van der Waals surface area contributed by atoms with Crippen LogP contribution in [0.3, 0.4) is 0 Å². The zero-order valence-corrected chi connectivity index (χ0v) is 19.0. The molecule has 0 unspecified atom stereocenters. The number of halogens is 1. The third-order valence-corrected chi connectivity index (χ3v) is 7.69. The molecule has 31 heavy (non-hydrogen) atoms. The van der Waals surface area contributed by atoms with Crippen molar-refractivity contribution in [3.05, 3.63) is 41.4 Å². The summed E-state index contributed by atoms with van der Waals surface area (Å²) in [5, 5.41) is 8.57. The minimum absolute atomic E-state index is 0.0953. The summed E-state index contributed by atoms with van der Waals surface area (Å²) in [5.41, 5.74) is 10.3. The number of anilines is 2. The molecule has 1 aliphatic heterocycles. The van der Waals surface area contributed by atoms with Gasteiger partial charge in [0.05, 0.1) is 29.6 Å². The molecule has 10 nitrogen and oxygen atoms in total. The van der Waals surface area contributed by atoms with E-state index in [-0.39, 0.29) is 11.5 Å². The van der Waals surface area contributed by atoms with Crippen molar-refractivity contribution < 1.29 is 8.42 Å². The Morgan fingerprint density at radius 1 is 1.06 bits per heavy atom. The van der Waals surface area contributed by atoms with E-state index in [0.29, 0.717) is 34.8 Å². The van der Waals surface area contributed by atoms with Crippen molar-refractivity contribution in [3.63, 3.8) is 0 Å². The van der Waals surface area contributed by atoms with Gasteiger partial charge in [0.1, 0.15) is 16.1 Å². The predicted octanol–water partition coefficient (Wildman–Crippen LogP) is 1.77. The van der Waals surface area contributed by atoms with Crippen LogP contribution in [0.4, 0.5) is 11.6 Å². The highest BCUT2D eigenvalue weighted by molar-refractivity contribution is 9.10. The van der Waals surface area contributed by atoms with Crippen LogP contribution in [0.2, 0.25) is 0 Å². The molecule has 0 aromatic carbocycles. The van der Waals surface area contributed by atoms with Crippen molar-refractivity contribution in [2.75, 3.05) is 35.2 Å². The van der Waals surface area contributed by atoms with E-state index in [9.17, 15) is 8.42 Å². The molecule has 1 saturated heterocycles. The van der Waals surface area contributed by atoms with Gasteiger partial charge >= 0.3 is 0 Å². The highest BCUT2D eigenvalue weighted by Crippen LogP contribution is 2.34.